The van der Waals surface area contributed by atoms with Crippen molar-refractivity contribution in [2.24, 2.45) is 0 Å². The number of thiophene rings is 2. The molecule has 0 fully saturated rings. The standard InChI is InChI=1S/C22H19N5OS3/c1-12-6-8-15(9-7-12)27-14(3)25-26-22(27)31-13(2)19-23-20(28)18-16(11-30-21(18)24-19)17-5-4-10-29-17/h4-11,13H,1-3H3,(H,23,24,28). The van der Waals surface area contributed by atoms with Crippen LogP contribution in [0.2, 0.25) is 0 Å². The molecule has 5 rings (SSSR count). The molecular weight excluding hydrogens is 446 g/mol. The Bertz CT molecular complexity index is 1410. The molecule has 0 radical (unpaired) electrons. The quantitative estimate of drug-likeness (QED) is 0.334. The maximum absolute atomic E-state index is 12.9. The zero-order valence-corrected chi connectivity index (χ0v) is 19.6. The summed E-state index contributed by atoms with van der Waals surface area (Å²) in [6.45, 7) is 6.02. The molecule has 0 bridgehead atoms. The normalized spacial score (nSPS) is 12.5. The van der Waals surface area contributed by atoms with Gasteiger partial charge in [0, 0.05) is 21.5 Å². The van der Waals surface area contributed by atoms with E-state index < -0.39 is 0 Å². The fraction of sp³-hybridized carbons (Fsp3) is 0.182. The molecule has 31 heavy (non-hydrogen) atoms. The molecule has 5 aromatic rings. The van der Waals surface area contributed by atoms with Gasteiger partial charge in [-0.3, -0.25) is 9.36 Å². The first kappa shape index (κ1) is 20.2. The zero-order valence-electron chi connectivity index (χ0n) is 17.1. The lowest BCUT2D eigenvalue weighted by Crippen LogP contribution is -2.12. The Morgan fingerprint density at radius 3 is 2.65 bits per heavy atom. The number of thioether (sulfide) groups is 1. The summed E-state index contributed by atoms with van der Waals surface area (Å²) in [5, 5.41) is 14.0. The van der Waals surface area contributed by atoms with Crippen LogP contribution < -0.4 is 5.56 Å². The third kappa shape index (κ3) is 3.73. The van der Waals surface area contributed by atoms with Gasteiger partial charge in [0.2, 0.25) is 0 Å². The number of hydrogen-bond donors (Lipinski definition) is 1. The van der Waals surface area contributed by atoms with E-state index in [0.717, 1.165) is 31.9 Å². The maximum atomic E-state index is 12.9. The van der Waals surface area contributed by atoms with Gasteiger partial charge in [-0.05, 0) is 44.4 Å². The van der Waals surface area contributed by atoms with Crippen molar-refractivity contribution in [1.29, 1.82) is 0 Å². The van der Waals surface area contributed by atoms with E-state index in [1.165, 1.54) is 28.7 Å². The summed E-state index contributed by atoms with van der Waals surface area (Å²) in [6.07, 6.45) is 0. The first-order chi connectivity index (χ1) is 15.0. The van der Waals surface area contributed by atoms with E-state index in [1.54, 1.807) is 11.3 Å². The molecule has 0 saturated heterocycles. The Labute approximate surface area is 191 Å². The Kier molecular flexibility index (Phi) is 5.25. The lowest BCUT2D eigenvalue weighted by atomic mass is 10.2. The Morgan fingerprint density at radius 1 is 1.10 bits per heavy atom. The smallest absolute Gasteiger partial charge is 0.260 e. The van der Waals surface area contributed by atoms with E-state index in [1.807, 2.05) is 41.3 Å². The predicted octanol–water partition coefficient (Wildman–Crippen LogP) is 5.76. The van der Waals surface area contributed by atoms with Crippen molar-refractivity contribution >= 4 is 44.7 Å². The minimum absolute atomic E-state index is 0.0998. The van der Waals surface area contributed by atoms with Gasteiger partial charge in [0.05, 0.1) is 10.6 Å². The summed E-state index contributed by atoms with van der Waals surface area (Å²) in [6, 6.07) is 12.3. The van der Waals surface area contributed by atoms with Crippen molar-refractivity contribution in [2.75, 3.05) is 0 Å². The summed E-state index contributed by atoms with van der Waals surface area (Å²) in [7, 11) is 0. The van der Waals surface area contributed by atoms with Gasteiger partial charge in [-0.25, -0.2) is 4.98 Å². The summed E-state index contributed by atoms with van der Waals surface area (Å²) in [5.41, 5.74) is 3.06. The van der Waals surface area contributed by atoms with E-state index >= 15 is 0 Å². The van der Waals surface area contributed by atoms with E-state index in [9.17, 15) is 4.79 Å². The van der Waals surface area contributed by atoms with Crippen molar-refractivity contribution in [2.45, 2.75) is 31.2 Å². The summed E-state index contributed by atoms with van der Waals surface area (Å²) >= 11 is 4.65. The molecule has 9 heteroatoms. The first-order valence-corrected chi connectivity index (χ1v) is 12.4. The average molecular weight is 466 g/mol. The fourth-order valence-corrected chi connectivity index (χ4v) is 6.14. The molecule has 0 aliphatic carbocycles. The fourth-order valence-electron chi connectivity index (χ4n) is 3.40. The number of H-pyrrole nitrogens is 1. The zero-order chi connectivity index (χ0) is 21.5. The topological polar surface area (TPSA) is 76.5 Å². The number of hydrogen-bond acceptors (Lipinski definition) is 7. The average Bonchev–Trinajstić information content (AvgIpc) is 3.49. The molecule has 0 amide bonds. The van der Waals surface area contributed by atoms with Gasteiger partial charge in [-0.15, -0.1) is 32.9 Å². The molecule has 6 nitrogen and oxygen atoms in total. The van der Waals surface area contributed by atoms with Gasteiger partial charge in [-0.2, -0.15) is 0 Å². The molecule has 4 heterocycles. The number of benzene rings is 1. The van der Waals surface area contributed by atoms with Gasteiger partial charge in [0.25, 0.3) is 5.56 Å². The third-order valence-corrected chi connectivity index (χ3v) is 7.83. The van der Waals surface area contributed by atoms with Gasteiger partial charge in [-0.1, -0.05) is 35.5 Å². The van der Waals surface area contributed by atoms with Gasteiger partial charge in [0.1, 0.15) is 16.5 Å². The highest BCUT2D eigenvalue weighted by Gasteiger charge is 2.20. The van der Waals surface area contributed by atoms with Crippen LogP contribution >= 0.6 is 34.4 Å². The molecule has 4 aromatic heterocycles. The van der Waals surface area contributed by atoms with E-state index in [-0.39, 0.29) is 10.8 Å². The summed E-state index contributed by atoms with van der Waals surface area (Å²) < 4.78 is 2.03. The molecule has 0 aliphatic rings. The van der Waals surface area contributed by atoms with Crippen LogP contribution in [-0.4, -0.2) is 24.7 Å². The second kappa shape index (κ2) is 8.07. The molecule has 1 aromatic carbocycles. The largest absolute Gasteiger partial charge is 0.309 e. The second-order valence-corrected chi connectivity index (χ2v) is 10.3. The monoisotopic (exact) mass is 465 g/mol. The highest BCUT2D eigenvalue weighted by molar-refractivity contribution is 7.99. The molecule has 1 unspecified atom stereocenters. The molecular formula is C22H19N5OS3. The number of nitrogens with one attached hydrogen (secondary N) is 1. The predicted molar refractivity (Wildman–Crippen MR) is 129 cm³/mol. The van der Waals surface area contributed by atoms with Crippen molar-refractivity contribution in [3.8, 4) is 16.1 Å². The lowest BCUT2D eigenvalue weighted by Gasteiger charge is -2.12. The van der Waals surface area contributed by atoms with Crippen LogP contribution in [0.4, 0.5) is 0 Å². The number of aryl methyl sites for hydroxylation is 2. The van der Waals surface area contributed by atoms with E-state index in [0.29, 0.717) is 11.2 Å². The first-order valence-electron chi connectivity index (χ1n) is 9.72. The SMILES string of the molecule is Cc1ccc(-n2c(C)nnc2SC(C)c2nc3scc(-c4cccs4)c3c(=O)[nH]2)cc1. The van der Waals surface area contributed by atoms with Gasteiger partial charge >= 0.3 is 0 Å². The van der Waals surface area contributed by atoms with Gasteiger partial charge < -0.3 is 4.98 Å². The van der Waals surface area contributed by atoms with Crippen LogP contribution in [-0.2, 0) is 0 Å². The summed E-state index contributed by atoms with van der Waals surface area (Å²) in [4.78, 5) is 22.5. The third-order valence-electron chi connectivity index (χ3n) is 5.00. The van der Waals surface area contributed by atoms with Gasteiger partial charge in [0.15, 0.2) is 5.16 Å². The van der Waals surface area contributed by atoms with Crippen molar-refractivity contribution < 1.29 is 0 Å². The Morgan fingerprint density at radius 2 is 1.90 bits per heavy atom. The van der Waals surface area contributed by atoms with Crippen LogP contribution in [0.3, 0.4) is 0 Å². The lowest BCUT2D eigenvalue weighted by molar-refractivity contribution is 0.851. The van der Waals surface area contributed by atoms with E-state index in [4.69, 9.17) is 4.98 Å². The summed E-state index contributed by atoms with van der Waals surface area (Å²) in [5.74, 6) is 1.45. The molecule has 1 atom stereocenters. The van der Waals surface area contributed by atoms with Crippen LogP contribution in [0.1, 0.15) is 29.4 Å². The molecule has 1 N–H and O–H groups in total. The number of rotatable bonds is 5. The number of aromatic nitrogens is 5. The molecule has 0 spiro atoms. The van der Waals surface area contributed by atoms with Crippen LogP contribution in [0, 0.1) is 13.8 Å². The minimum atomic E-state index is -0.103. The van der Waals surface area contributed by atoms with Crippen LogP contribution in [0.25, 0.3) is 26.3 Å². The van der Waals surface area contributed by atoms with E-state index in [2.05, 4.69) is 46.4 Å². The second-order valence-electron chi connectivity index (χ2n) is 7.22. The number of nitrogens with zero attached hydrogens (tertiary/aromatic N) is 4. The molecule has 156 valence electrons. The molecule has 0 saturated carbocycles. The molecule has 0 aliphatic heterocycles. The minimum Gasteiger partial charge on any atom is -0.309 e. The Balaban J connectivity index is 1.49. The van der Waals surface area contributed by atoms with Crippen LogP contribution in [0.5, 0.6) is 0 Å². The number of fused-ring (bicyclic) bond motifs is 1. The van der Waals surface area contributed by atoms with Crippen LogP contribution in [0.15, 0.2) is 57.1 Å². The Hall–Kier alpha value is -2.75. The van der Waals surface area contributed by atoms with Crippen molar-refractivity contribution in [1.82, 2.24) is 24.7 Å². The van der Waals surface area contributed by atoms with Crippen molar-refractivity contribution in [3.05, 3.63) is 74.7 Å². The van der Waals surface area contributed by atoms with Crippen molar-refractivity contribution in [3.63, 3.8) is 0 Å². The highest BCUT2D eigenvalue weighted by atomic mass is 32.2. The maximum Gasteiger partial charge on any atom is 0.260 e. The highest BCUT2D eigenvalue weighted by Crippen LogP contribution is 2.36. The number of aromatic amines is 1.